The van der Waals surface area contributed by atoms with Crippen molar-refractivity contribution in [1.82, 2.24) is 4.98 Å². The van der Waals surface area contributed by atoms with Crippen molar-refractivity contribution in [2.75, 3.05) is 12.0 Å². The highest BCUT2D eigenvalue weighted by Crippen LogP contribution is 2.44. The second-order valence-corrected chi connectivity index (χ2v) is 9.84. The van der Waals surface area contributed by atoms with Crippen molar-refractivity contribution >= 4 is 60.1 Å². The van der Waals surface area contributed by atoms with Crippen LogP contribution in [0.5, 0.6) is 5.75 Å². The Bertz CT molecular complexity index is 1480. The van der Waals surface area contributed by atoms with Gasteiger partial charge in [-0.15, -0.1) is 0 Å². The lowest BCUT2D eigenvalue weighted by Gasteiger charge is -2.23. The maximum Gasteiger partial charge on any atom is 0.301 e. The molecule has 0 spiro atoms. The van der Waals surface area contributed by atoms with Crippen LogP contribution in [0.15, 0.2) is 76.8 Å². The van der Waals surface area contributed by atoms with Gasteiger partial charge in [-0.25, -0.2) is 4.98 Å². The summed E-state index contributed by atoms with van der Waals surface area (Å²) in [5, 5.41) is 11.6. The zero-order chi connectivity index (χ0) is 24.0. The topological polar surface area (TPSA) is 79.7 Å². The molecule has 1 fully saturated rings. The molecule has 1 amide bonds. The van der Waals surface area contributed by atoms with Crippen LogP contribution in [0, 0.1) is 6.92 Å². The third kappa shape index (κ3) is 3.78. The molecule has 0 radical (unpaired) electrons. The van der Waals surface area contributed by atoms with Gasteiger partial charge in [0.2, 0.25) is 0 Å². The first-order valence-corrected chi connectivity index (χ1v) is 12.1. The van der Waals surface area contributed by atoms with E-state index in [4.69, 9.17) is 4.74 Å². The summed E-state index contributed by atoms with van der Waals surface area (Å²) in [7, 11) is 1.58. The zero-order valence-corrected chi connectivity index (χ0v) is 20.7. The molecule has 3 aromatic carbocycles. The first-order valence-electron chi connectivity index (χ1n) is 10.5. The van der Waals surface area contributed by atoms with Crippen molar-refractivity contribution < 1.29 is 19.4 Å². The lowest BCUT2D eigenvalue weighted by Crippen LogP contribution is -2.29. The molecule has 6 nitrogen and oxygen atoms in total. The number of ether oxygens (including phenoxy) is 1. The molecule has 1 saturated heterocycles. The Morgan fingerprint density at radius 1 is 1.09 bits per heavy atom. The molecular weight excluding hydrogens is 516 g/mol. The molecule has 170 valence electrons. The van der Waals surface area contributed by atoms with Crippen LogP contribution in [-0.2, 0) is 9.59 Å². The van der Waals surface area contributed by atoms with Gasteiger partial charge in [0.25, 0.3) is 5.78 Å². The number of nitrogens with zero attached hydrogens (tertiary/aromatic N) is 2. The number of hydrogen-bond donors (Lipinski definition) is 1. The number of aryl methyl sites for hydroxylation is 1. The van der Waals surface area contributed by atoms with Gasteiger partial charge in [-0.2, -0.15) is 0 Å². The van der Waals surface area contributed by atoms with E-state index in [1.165, 1.54) is 16.2 Å². The number of halogens is 1. The summed E-state index contributed by atoms with van der Waals surface area (Å²) >= 11 is 4.68. The summed E-state index contributed by atoms with van der Waals surface area (Å²) < 4.78 is 6.97. The lowest BCUT2D eigenvalue weighted by atomic mass is 9.94. The van der Waals surface area contributed by atoms with E-state index in [-0.39, 0.29) is 11.3 Å². The molecule has 1 N–H and O–H groups in total. The highest BCUT2D eigenvalue weighted by atomic mass is 79.9. The van der Waals surface area contributed by atoms with Crippen LogP contribution in [0.3, 0.4) is 0 Å². The number of Topliss-reactive ketones (excluding diaryl/α,β-unsaturated/α-hetero) is 1. The predicted octanol–water partition coefficient (Wildman–Crippen LogP) is 6.00. The van der Waals surface area contributed by atoms with Gasteiger partial charge in [0.15, 0.2) is 5.13 Å². The number of rotatable bonds is 4. The monoisotopic (exact) mass is 534 g/mol. The van der Waals surface area contributed by atoms with Gasteiger partial charge in [0, 0.05) is 10.0 Å². The number of methoxy groups -OCH3 is 1. The third-order valence-electron chi connectivity index (χ3n) is 5.71. The van der Waals surface area contributed by atoms with Crippen LogP contribution in [0.4, 0.5) is 5.13 Å². The molecule has 2 heterocycles. The fourth-order valence-electron chi connectivity index (χ4n) is 4.07. The number of aliphatic hydroxyl groups is 1. The number of amides is 1. The van der Waals surface area contributed by atoms with Gasteiger partial charge in [-0.3, -0.25) is 14.5 Å². The van der Waals surface area contributed by atoms with E-state index in [2.05, 4.69) is 20.9 Å². The normalized spacial score (nSPS) is 17.5. The first-order chi connectivity index (χ1) is 16.4. The van der Waals surface area contributed by atoms with Crippen LogP contribution in [0.1, 0.15) is 22.7 Å². The van der Waals surface area contributed by atoms with Gasteiger partial charge in [-0.05, 0) is 42.8 Å². The quantitative estimate of drug-likeness (QED) is 0.197. The summed E-state index contributed by atoms with van der Waals surface area (Å²) in [5.41, 5.74) is 2.87. The predicted molar refractivity (Wildman–Crippen MR) is 136 cm³/mol. The molecule has 0 saturated carbocycles. The maximum absolute atomic E-state index is 13.3. The summed E-state index contributed by atoms with van der Waals surface area (Å²) in [6.07, 6.45) is 0. The Morgan fingerprint density at radius 2 is 1.85 bits per heavy atom. The minimum atomic E-state index is -0.814. The largest absolute Gasteiger partial charge is 0.507 e. The first kappa shape index (κ1) is 22.3. The van der Waals surface area contributed by atoms with Gasteiger partial charge in [0.1, 0.15) is 11.5 Å². The summed E-state index contributed by atoms with van der Waals surface area (Å²) in [6.45, 7) is 1.94. The number of aromatic nitrogens is 1. The minimum absolute atomic E-state index is 0.0368. The number of anilines is 1. The highest BCUT2D eigenvalue weighted by Gasteiger charge is 2.48. The van der Waals surface area contributed by atoms with Crippen LogP contribution < -0.4 is 9.64 Å². The number of carbonyl (C=O) groups is 2. The van der Waals surface area contributed by atoms with Gasteiger partial charge in [-0.1, -0.05) is 69.2 Å². The number of benzene rings is 3. The van der Waals surface area contributed by atoms with Crippen LogP contribution in [0.2, 0.25) is 0 Å². The molecule has 8 heteroatoms. The minimum Gasteiger partial charge on any atom is -0.507 e. The second kappa shape index (κ2) is 8.70. The Kier molecular flexibility index (Phi) is 5.71. The molecule has 1 aromatic heterocycles. The van der Waals surface area contributed by atoms with Crippen LogP contribution in [0.25, 0.3) is 16.0 Å². The number of thiazole rings is 1. The fraction of sp³-hybridized carbons (Fsp3) is 0.115. The number of fused-ring (bicyclic) bond motifs is 1. The van der Waals surface area contributed by atoms with E-state index >= 15 is 0 Å². The molecule has 0 aliphatic carbocycles. The van der Waals surface area contributed by atoms with E-state index in [9.17, 15) is 14.7 Å². The Labute approximate surface area is 208 Å². The van der Waals surface area contributed by atoms with Crippen molar-refractivity contribution in [3.05, 3.63) is 93.5 Å². The summed E-state index contributed by atoms with van der Waals surface area (Å²) in [4.78, 5) is 32.7. The van der Waals surface area contributed by atoms with Crippen molar-refractivity contribution in [2.24, 2.45) is 0 Å². The van der Waals surface area contributed by atoms with Gasteiger partial charge in [0.05, 0.1) is 28.9 Å². The number of carbonyl (C=O) groups excluding carboxylic acids is 2. The van der Waals surface area contributed by atoms with E-state index in [1.54, 1.807) is 37.4 Å². The molecule has 1 unspecified atom stereocenters. The van der Waals surface area contributed by atoms with Crippen LogP contribution in [-0.4, -0.2) is 28.9 Å². The lowest BCUT2D eigenvalue weighted by molar-refractivity contribution is -0.132. The van der Waals surface area contributed by atoms with E-state index in [1.807, 2.05) is 43.3 Å². The third-order valence-corrected chi connectivity index (χ3v) is 7.26. The number of ketones is 1. The fourth-order valence-corrected chi connectivity index (χ4v) is 5.36. The van der Waals surface area contributed by atoms with Crippen LogP contribution >= 0.6 is 27.3 Å². The van der Waals surface area contributed by atoms with Crippen molar-refractivity contribution in [3.63, 3.8) is 0 Å². The molecular formula is C26H19BrN2O4S. The van der Waals surface area contributed by atoms with E-state index in [0.29, 0.717) is 22.0 Å². The molecule has 1 aliphatic heterocycles. The Balaban J connectivity index is 1.72. The second-order valence-electron chi connectivity index (χ2n) is 7.92. The smallest absolute Gasteiger partial charge is 0.301 e. The molecule has 0 bridgehead atoms. The molecule has 1 atom stereocenters. The number of aliphatic hydroxyl groups excluding tert-OH is 1. The molecule has 4 aromatic rings. The summed E-state index contributed by atoms with van der Waals surface area (Å²) in [5.74, 6) is -1.02. The van der Waals surface area contributed by atoms with Crippen molar-refractivity contribution in [2.45, 2.75) is 13.0 Å². The molecule has 34 heavy (non-hydrogen) atoms. The van der Waals surface area contributed by atoms with E-state index < -0.39 is 17.7 Å². The van der Waals surface area contributed by atoms with Crippen molar-refractivity contribution in [3.8, 4) is 5.75 Å². The van der Waals surface area contributed by atoms with Crippen molar-refractivity contribution in [1.29, 1.82) is 0 Å². The highest BCUT2D eigenvalue weighted by molar-refractivity contribution is 9.10. The Morgan fingerprint density at radius 3 is 2.56 bits per heavy atom. The average molecular weight is 535 g/mol. The van der Waals surface area contributed by atoms with Gasteiger partial charge >= 0.3 is 5.91 Å². The SMILES string of the molecule is COc1ccc2nc(N3C(=O)C(=O)/C(=C(/O)c4ccc(Br)cc4)C3c3cccc(C)c3)sc2c1. The maximum atomic E-state index is 13.3. The average Bonchev–Trinajstić information content (AvgIpc) is 3.36. The molecule has 1 aliphatic rings. The standard InChI is InChI=1S/C26H19BrN2O4S/c1-14-4-3-5-16(12-14)22-21(23(30)15-6-8-17(27)9-7-15)24(31)25(32)29(22)26-28-19-11-10-18(33-2)13-20(19)34-26/h3-13,22,30H,1-2H3/b23-21+. The van der Waals surface area contributed by atoms with Gasteiger partial charge < -0.3 is 9.84 Å². The summed E-state index contributed by atoms with van der Waals surface area (Å²) in [6, 6.07) is 19.1. The Hall–Kier alpha value is -3.49. The zero-order valence-electron chi connectivity index (χ0n) is 18.3. The number of hydrogen-bond acceptors (Lipinski definition) is 6. The van der Waals surface area contributed by atoms with E-state index in [0.717, 1.165) is 20.3 Å². The molecule has 5 rings (SSSR count).